The van der Waals surface area contributed by atoms with E-state index >= 15 is 0 Å². The Morgan fingerprint density at radius 2 is 1.82 bits per heavy atom. The molecule has 0 fully saturated rings. The van der Waals surface area contributed by atoms with Gasteiger partial charge in [0, 0.05) is 5.56 Å². The Morgan fingerprint density at radius 1 is 1.18 bits per heavy atom. The molecular formula is C13H14O4. The summed E-state index contributed by atoms with van der Waals surface area (Å²) < 4.78 is 15.5. The molecule has 2 rings (SSSR count). The SMILES string of the molecule is COC(=O)C1=C(C)OC(c2ccc(C)cc2)O1. The molecule has 1 aromatic rings. The van der Waals surface area contributed by atoms with Crippen LogP contribution >= 0.6 is 0 Å². The molecule has 1 unspecified atom stereocenters. The van der Waals surface area contributed by atoms with Gasteiger partial charge in [-0.1, -0.05) is 29.8 Å². The first-order valence-corrected chi connectivity index (χ1v) is 5.31. The van der Waals surface area contributed by atoms with E-state index in [1.807, 2.05) is 31.2 Å². The molecule has 1 aliphatic rings. The maximum atomic E-state index is 11.4. The lowest BCUT2D eigenvalue weighted by atomic mass is 10.1. The third kappa shape index (κ3) is 2.25. The number of esters is 1. The topological polar surface area (TPSA) is 44.8 Å². The van der Waals surface area contributed by atoms with Crippen LogP contribution in [-0.4, -0.2) is 13.1 Å². The zero-order valence-corrected chi connectivity index (χ0v) is 10.0. The number of hydrogen-bond acceptors (Lipinski definition) is 4. The minimum absolute atomic E-state index is 0.137. The quantitative estimate of drug-likeness (QED) is 0.737. The Balaban J connectivity index is 2.15. The van der Waals surface area contributed by atoms with Crippen LogP contribution in [0.25, 0.3) is 0 Å². The van der Waals surface area contributed by atoms with Crippen LogP contribution in [-0.2, 0) is 19.0 Å². The molecule has 0 amide bonds. The van der Waals surface area contributed by atoms with Gasteiger partial charge >= 0.3 is 5.97 Å². The lowest BCUT2D eigenvalue weighted by Crippen LogP contribution is -2.07. The fourth-order valence-corrected chi connectivity index (χ4v) is 1.57. The Morgan fingerprint density at radius 3 is 2.41 bits per heavy atom. The second-order valence-electron chi connectivity index (χ2n) is 3.86. The van der Waals surface area contributed by atoms with Crippen molar-refractivity contribution in [1.82, 2.24) is 0 Å². The van der Waals surface area contributed by atoms with E-state index in [2.05, 4.69) is 4.74 Å². The molecule has 0 aliphatic carbocycles. The van der Waals surface area contributed by atoms with Gasteiger partial charge in [0.1, 0.15) is 5.76 Å². The van der Waals surface area contributed by atoms with Gasteiger partial charge in [0.2, 0.25) is 5.76 Å². The first-order chi connectivity index (χ1) is 8.11. The molecule has 0 saturated carbocycles. The van der Waals surface area contributed by atoms with Crippen LogP contribution in [0.3, 0.4) is 0 Å². The molecule has 0 saturated heterocycles. The van der Waals surface area contributed by atoms with Gasteiger partial charge in [0.05, 0.1) is 7.11 Å². The van der Waals surface area contributed by atoms with E-state index in [1.165, 1.54) is 7.11 Å². The molecule has 0 radical (unpaired) electrons. The number of aryl methyl sites for hydroxylation is 1. The highest BCUT2D eigenvalue weighted by Crippen LogP contribution is 2.33. The van der Waals surface area contributed by atoms with E-state index in [9.17, 15) is 4.79 Å². The van der Waals surface area contributed by atoms with Gasteiger partial charge in [-0.25, -0.2) is 4.79 Å². The van der Waals surface area contributed by atoms with Crippen LogP contribution in [0.5, 0.6) is 0 Å². The van der Waals surface area contributed by atoms with Crippen LogP contribution in [0.15, 0.2) is 35.8 Å². The molecule has 0 aromatic heterocycles. The first-order valence-electron chi connectivity index (χ1n) is 5.31. The normalized spacial score (nSPS) is 18.6. The summed E-state index contributed by atoms with van der Waals surface area (Å²) in [4.78, 5) is 11.4. The highest BCUT2D eigenvalue weighted by molar-refractivity contribution is 5.86. The molecular weight excluding hydrogens is 220 g/mol. The van der Waals surface area contributed by atoms with Crippen molar-refractivity contribution in [3.63, 3.8) is 0 Å². The van der Waals surface area contributed by atoms with Crippen LogP contribution in [0.1, 0.15) is 24.3 Å². The van der Waals surface area contributed by atoms with Crippen molar-refractivity contribution in [1.29, 1.82) is 0 Å². The number of allylic oxidation sites excluding steroid dienone is 1. The summed E-state index contributed by atoms with van der Waals surface area (Å²) in [6.45, 7) is 3.68. The largest absolute Gasteiger partial charge is 0.463 e. The molecule has 1 heterocycles. The van der Waals surface area contributed by atoms with E-state index in [1.54, 1.807) is 6.92 Å². The average molecular weight is 234 g/mol. The fraction of sp³-hybridized carbons (Fsp3) is 0.308. The molecule has 4 heteroatoms. The summed E-state index contributed by atoms with van der Waals surface area (Å²) in [5.41, 5.74) is 2.03. The number of ether oxygens (including phenoxy) is 3. The molecule has 1 aliphatic heterocycles. The zero-order chi connectivity index (χ0) is 12.4. The maximum absolute atomic E-state index is 11.4. The summed E-state index contributed by atoms with van der Waals surface area (Å²) in [6.07, 6.45) is -0.565. The monoisotopic (exact) mass is 234 g/mol. The lowest BCUT2D eigenvalue weighted by molar-refractivity contribution is -0.142. The minimum Gasteiger partial charge on any atom is -0.463 e. The van der Waals surface area contributed by atoms with Crippen molar-refractivity contribution in [3.8, 4) is 0 Å². The summed E-state index contributed by atoms with van der Waals surface area (Å²) in [7, 11) is 1.31. The van der Waals surface area contributed by atoms with Gasteiger partial charge in [-0.3, -0.25) is 0 Å². The van der Waals surface area contributed by atoms with Crippen molar-refractivity contribution < 1.29 is 19.0 Å². The van der Waals surface area contributed by atoms with Crippen molar-refractivity contribution in [3.05, 3.63) is 46.9 Å². The van der Waals surface area contributed by atoms with Crippen LogP contribution in [0, 0.1) is 6.92 Å². The summed E-state index contributed by atoms with van der Waals surface area (Å²) in [5, 5.41) is 0. The third-order valence-corrected chi connectivity index (χ3v) is 2.55. The summed E-state index contributed by atoms with van der Waals surface area (Å²) in [6, 6.07) is 7.75. The van der Waals surface area contributed by atoms with E-state index in [4.69, 9.17) is 9.47 Å². The highest BCUT2D eigenvalue weighted by atomic mass is 16.7. The third-order valence-electron chi connectivity index (χ3n) is 2.55. The molecule has 1 aromatic carbocycles. The smallest absolute Gasteiger partial charge is 0.377 e. The van der Waals surface area contributed by atoms with Crippen molar-refractivity contribution >= 4 is 5.97 Å². The summed E-state index contributed by atoms with van der Waals surface area (Å²) in [5.74, 6) is 0.0672. The zero-order valence-electron chi connectivity index (χ0n) is 10.0. The minimum atomic E-state index is -0.565. The second kappa shape index (κ2) is 4.49. The van der Waals surface area contributed by atoms with E-state index in [-0.39, 0.29) is 5.76 Å². The predicted octanol–water partition coefficient (Wildman–Crippen LogP) is 2.44. The van der Waals surface area contributed by atoms with Gasteiger partial charge in [-0.15, -0.1) is 0 Å². The van der Waals surface area contributed by atoms with E-state index < -0.39 is 12.3 Å². The number of rotatable bonds is 2. The van der Waals surface area contributed by atoms with Gasteiger partial charge in [0.15, 0.2) is 0 Å². The van der Waals surface area contributed by atoms with Crippen molar-refractivity contribution in [2.75, 3.05) is 7.11 Å². The second-order valence-corrected chi connectivity index (χ2v) is 3.86. The Kier molecular flexibility index (Phi) is 3.04. The van der Waals surface area contributed by atoms with Gasteiger partial charge in [0.25, 0.3) is 6.29 Å². The van der Waals surface area contributed by atoms with Crippen molar-refractivity contribution in [2.24, 2.45) is 0 Å². The van der Waals surface area contributed by atoms with E-state index in [0.717, 1.165) is 11.1 Å². The van der Waals surface area contributed by atoms with Crippen LogP contribution < -0.4 is 0 Å². The number of benzene rings is 1. The molecule has 90 valence electrons. The molecule has 0 spiro atoms. The molecule has 0 N–H and O–H groups in total. The van der Waals surface area contributed by atoms with Gasteiger partial charge in [-0.2, -0.15) is 0 Å². The number of methoxy groups -OCH3 is 1. The molecule has 17 heavy (non-hydrogen) atoms. The Hall–Kier alpha value is -1.97. The number of hydrogen-bond donors (Lipinski definition) is 0. The van der Waals surface area contributed by atoms with Gasteiger partial charge < -0.3 is 14.2 Å². The number of carbonyl (C=O) groups is 1. The highest BCUT2D eigenvalue weighted by Gasteiger charge is 2.31. The van der Waals surface area contributed by atoms with Gasteiger partial charge in [-0.05, 0) is 13.8 Å². The van der Waals surface area contributed by atoms with Crippen LogP contribution in [0.2, 0.25) is 0 Å². The van der Waals surface area contributed by atoms with Crippen LogP contribution in [0.4, 0.5) is 0 Å². The molecule has 4 nitrogen and oxygen atoms in total. The predicted molar refractivity (Wildman–Crippen MR) is 60.8 cm³/mol. The maximum Gasteiger partial charge on any atom is 0.377 e. The van der Waals surface area contributed by atoms with E-state index in [0.29, 0.717) is 5.76 Å². The molecule has 0 bridgehead atoms. The standard InChI is InChI=1S/C13H14O4/c1-8-4-6-10(7-5-8)13-16-9(2)11(17-13)12(14)15-3/h4-7,13H,1-3H3. The Bertz CT molecular complexity index is 459. The average Bonchev–Trinajstić information content (AvgIpc) is 2.71. The molecule has 1 atom stereocenters. The number of carbonyl (C=O) groups excluding carboxylic acids is 1. The van der Waals surface area contributed by atoms with Crippen molar-refractivity contribution in [2.45, 2.75) is 20.1 Å². The fourth-order valence-electron chi connectivity index (χ4n) is 1.57. The first kappa shape index (κ1) is 11.5. The Labute approximate surface area is 99.8 Å². The lowest BCUT2D eigenvalue weighted by Gasteiger charge is -2.11. The summed E-state index contributed by atoms with van der Waals surface area (Å²) >= 11 is 0.